The number of nitrogens with zero attached hydrogens (tertiary/aromatic N) is 3. The van der Waals surface area contributed by atoms with Crippen LogP contribution in [0.2, 0.25) is 0 Å². The molecule has 0 unspecified atom stereocenters. The van der Waals surface area contributed by atoms with E-state index in [1.54, 1.807) is 4.90 Å². The highest BCUT2D eigenvalue weighted by Crippen LogP contribution is 2.24. The maximum atomic E-state index is 12.0. The number of rotatable bonds is 0. The van der Waals surface area contributed by atoms with E-state index in [0.29, 0.717) is 13.1 Å². The normalized spacial score (nSPS) is 19.6. The largest absolute Gasteiger partial charge is 0.444 e. The standard InChI is InChI=1S/C12H18BrN3O2/c1-8-6-15(11(17)18-12(2,3)4)7-9-5-10(13)14-16(8)9/h5,8H,6-7H2,1-4H3/t8-/m1/s1. The second-order valence-electron chi connectivity index (χ2n) is 5.61. The van der Waals surface area contributed by atoms with Gasteiger partial charge in [0.05, 0.1) is 18.3 Å². The quantitative estimate of drug-likeness (QED) is 0.739. The molecule has 1 aliphatic rings. The molecule has 6 heteroatoms. The molecule has 2 heterocycles. The van der Waals surface area contributed by atoms with E-state index in [-0.39, 0.29) is 12.1 Å². The fourth-order valence-corrected chi connectivity index (χ4v) is 2.46. The summed E-state index contributed by atoms with van der Waals surface area (Å²) in [5.41, 5.74) is 0.560. The lowest BCUT2D eigenvalue weighted by atomic mass is 10.2. The van der Waals surface area contributed by atoms with Crippen LogP contribution in [-0.4, -0.2) is 32.9 Å². The van der Waals surface area contributed by atoms with Crippen molar-refractivity contribution in [2.45, 2.75) is 45.9 Å². The maximum absolute atomic E-state index is 12.0. The van der Waals surface area contributed by atoms with Gasteiger partial charge in [-0.1, -0.05) is 0 Å². The summed E-state index contributed by atoms with van der Waals surface area (Å²) in [5.74, 6) is 0. The first kappa shape index (κ1) is 13.4. The van der Waals surface area contributed by atoms with Crippen LogP contribution >= 0.6 is 15.9 Å². The van der Waals surface area contributed by atoms with E-state index in [2.05, 4.69) is 21.0 Å². The van der Waals surface area contributed by atoms with Gasteiger partial charge in [-0.3, -0.25) is 4.68 Å². The van der Waals surface area contributed by atoms with Crippen LogP contribution in [0, 0.1) is 0 Å². The van der Waals surface area contributed by atoms with Crippen molar-refractivity contribution in [2.24, 2.45) is 0 Å². The van der Waals surface area contributed by atoms with Gasteiger partial charge in [0.15, 0.2) is 0 Å². The Morgan fingerprint density at radius 1 is 1.56 bits per heavy atom. The number of hydrogen-bond donors (Lipinski definition) is 0. The highest BCUT2D eigenvalue weighted by molar-refractivity contribution is 9.10. The van der Waals surface area contributed by atoms with E-state index in [9.17, 15) is 4.79 Å². The van der Waals surface area contributed by atoms with E-state index in [1.807, 2.05) is 38.4 Å². The monoisotopic (exact) mass is 315 g/mol. The van der Waals surface area contributed by atoms with E-state index < -0.39 is 5.60 Å². The van der Waals surface area contributed by atoms with Gasteiger partial charge in [-0.05, 0) is 49.7 Å². The number of carbonyl (C=O) groups excluding carboxylic acids is 1. The summed E-state index contributed by atoms with van der Waals surface area (Å²) >= 11 is 3.36. The minimum Gasteiger partial charge on any atom is -0.444 e. The molecule has 0 saturated heterocycles. The zero-order valence-electron chi connectivity index (χ0n) is 11.1. The number of aromatic nitrogens is 2. The Labute approximate surface area is 115 Å². The van der Waals surface area contributed by atoms with Gasteiger partial charge >= 0.3 is 6.09 Å². The van der Waals surface area contributed by atoms with E-state index in [0.717, 1.165) is 10.3 Å². The van der Waals surface area contributed by atoms with Crippen LogP contribution in [0.25, 0.3) is 0 Å². The Bertz CT molecular complexity index is 464. The number of carbonyl (C=O) groups is 1. The van der Waals surface area contributed by atoms with Crippen molar-refractivity contribution < 1.29 is 9.53 Å². The Kier molecular flexibility index (Phi) is 3.40. The van der Waals surface area contributed by atoms with E-state index in [1.165, 1.54) is 0 Å². The number of fused-ring (bicyclic) bond motifs is 1. The summed E-state index contributed by atoms with van der Waals surface area (Å²) in [6.07, 6.45) is -0.266. The van der Waals surface area contributed by atoms with Crippen molar-refractivity contribution in [3.63, 3.8) is 0 Å². The topological polar surface area (TPSA) is 47.4 Å². The Morgan fingerprint density at radius 2 is 2.22 bits per heavy atom. The number of amides is 1. The van der Waals surface area contributed by atoms with Gasteiger partial charge in [-0.2, -0.15) is 5.10 Å². The fourth-order valence-electron chi connectivity index (χ4n) is 2.02. The summed E-state index contributed by atoms with van der Waals surface area (Å²) in [7, 11) is 0. The van der Waals surface area contributed by atoms with Crippen molar-refractivity contribution in [1.29, 1.82) is 0 Å². The van der Waals surface area contributed by atoms with Crippen LogP contribution in [0.5, 0.6) is 0 Å². The SMILES string of the molecule is C[C@@H]1CN(C(=O)OC(C)(C)C)Cc2cc(Br)nn21. The van der Waals surface area contributed by atoms with Gasteiger partial charge in [0.1, 0.15) is 10.2 Å². The number of ether oxygens (including phenoxy) is 1. The lowest BCUT2D eigenvalue weighted by molar-refractivity contribution is 0.0166. The second kappa shape index (κ2) is 4.57. The predicted octanol–water partition coefficient (Wildman–Crippen LogP) is 2.96. The molecule has 100 valence electrons. The molecular weight excluding hydrogens is 298 g/mol. The van der Waals surface area contributed by atoms with Crippen molar-refractivity contribution in [1.82, 2.24) is 14.7 Å². The molecule has 1 aromatic heterocycles. The third-order valence-corrected chi connectivity index (χ3v) is 3.08. The lowest BCUT2D eigenvalue weighted by Gasteiger charge is -2.33. The molecule has 0 fully saturated rings. The van der Waals surface area contributed by atoms with Crippen molar-refractivity contribution in [3.05, 3.63) is 16.4 Å². The first-order valence-electron chi connectivity index (χ1n) is 5.98. The third kappa shape index (κ3) is 2.85. The van der Waals surface area contributed by atoms with Gasteiger partial charge in [-0.25, -0.2) is 4.79 Å². The molecule has 0 N–H and O–H groups in total. The number of hydrogen-bond acceptors (Lipinski definition) is 3. The maximum Gasteiger partial charge on any atom is 0.410 e. The first-order valence-corrected chi connectivity index (χ1v) is 6.77. The molecule has 0 radical (unpaired) electrons. The molecule has 1 amide bonds. The van der Waals surface area contributed by atoms with Crippen molar-refractivity contribution in [3.8, 4) is 0 Å². The minimum atomic E-state index is -0.460. The van der Waals surface area contributed by atoms with E-state index in [4.69, 9.17) is 4.74 Å². The fraction of sp³-hybridized carbons (Fsp3) is 0.667. The first-order chi connectivity index (χ1) is 8.26. The smallest absolute Gasteiger partial charge is 0.410 e. The van der Waals surface area contributed by atoms with Gasteiger partial charge in [-0.15, -0.1) is 0 Å². The van der Waals surface area contributed by atoms with Gasteiger partial charge in [0, 0.05) is 6.54 Å². The van der Waals surface area contributed by atoms with Crippen LogP contribution in [0.4, 0.5) is 4.79 Å². The molecular formula is C12H18BrN3O2. The van der Waals surface area contributed by atoms with E-state index >= 15 is 0 Å². The van der Waals surface area contributed by atoms with Crippen molar-refractivity contribution >= 4 is 22.0 Å². The van der Waals surface area contributed by atoms with Crippen molar-refractivity contribution in [2.75, 3.05) is 6.54 Å². The molecule has 0 aliphatic carbocycles. The second-order valence-corrected chi connectivity index (χ2v) is 6.43. The van der Waals surface area contributed by atoms with Crippen LogP contribution in [0.3, 0.4) is 0 Å². The summed E-state index contributed by atoms with van der Waals surface area (Å²) in [6, 6.07) is 2.10. The Balaban J connectivity index is 2.13. The summed E-state index contributed by atoms with van der Waals surface area (Å²) < 4.78 is 8.14. The van der Waals surface area contributed by atoms with Crippen LogP contribution < -0.4 is 0 Å². The molecule has 1 aliphatic heterocycles. The minimum absolute atomic E-state index is 0.160. The van der Waals surface area contributed by atoms with Crippen LogP contribution in [0.1, 0.15) is 39.4 Å². The molecule has 5 nitrogen and oxygen atoms in total. The molecule has 1 aromatic rings. The zero-order valence-corrected chi connectivity index (χ0v) is 12.7. The van der Waals surface area contributed by atoms with Gasteiger partial charge in [0.2, 0.25) is 0 Å². The highest BCUT2D eigenvalue weighted by Gasteiger charge is 2.29. The Hall–Kier alpha value is -1.04. The molecule has 2 rings (SSSR count). The average Bonchev–Trinajstić information content (AvgIpc) is 2.56. The summed E-state index contributed by atoms with van der Waals surface area (Å²) in [5, 5.41) is 4.36. The molecule has 0 aromatic carbocycles. The number of halogens is 1. The molecule has 0 bridgehead atoms. The molecule has 1 atom stereocenters. The lowest BCUT2D eigenvalue weighted by Crippen LogP contribution is -2.43. The predicted molar refractivity (Wildman–Crippen MR) is 71.3 cm³/mol. The molecule has 0 saturated carbocycles. The van der Waals surface area contributed by atoms with Gasteiger partial charge < -0.3 is 9.64 Å². The molecule has 18 heavy (non-hydrogen) atoms. The molecule has 0 spiro atoms. The summed E-state index contributed by atoms with van der Waals surface area (Å²) in [6.45, 7) is 8.82. The average molecular weight is 316 g/mol. The van der Waals surface area contributed by atoms with Crippen LogP contribution in [-0.2, 0) is 11.3 Å². The Morgan fingerprint density at radius 3 is 2.83 bits per heavy atom. The third-order valence-electron chi connectivity index (χ3n) is 2.69. The summed E-state index contributed by atoms with van der Waals surface area (Å²) in [4.78, 5) is 13.8. The highest BCUT2D eigenvalue weighted by atomic mass is 79.9. The zero-order chi connectivity index (χ0) is 13.5. The van der Waals surface area contributed by atoms with Gasteiger partial charge in [0.25, 0.3) is 0 Å². The van der Waals surface area contributed by atoms with Crippen LogP contribution in [0.15, 0.2) is 10.7 Å².